The molecule has 2 heterocycles. The number of aromatic nitrogens is 1. The van der Waals surface area contributed by atoms with Gasteiger partial charge < -0.3 is 14.8 Å². The number of piperidine rings is 1. The fraction of sp³-hybridized carbons (Fsp3) is 0.438. The quantitative estimate of drug-likeness (QED) is 0.857. The molecular formula is C16H20ClN3O. The summed E-state index contributed by atoms with van der Waals surface area (Å²) in [5.41, 5.74) is 2.39. The Balaban J connectivity index is 1.80. The van der Waals surface area contributed by atoms with Crippen LogP contribution in [0.3, 0.4) is 0 Å². The molecule has 4 nitrogen and oxygen atoms in total. The van der Waals surface area contributed by atoms with Crippen LogP contribution in [0.1, 0.15) is 24.3 Å². The highest BCUT2D eigenvalue weighted by molar-refractivity contribution is 6.31. The number of amides is 2. The Hall–Kier alpha value is -1.68. The standard InChI is InChI=1S/C16H20ClN3O/c1-19(2)16(21)20-7-4-11(5-8-20)14-9-12(17)10-15-13(14)3-6-18-15/h3,6,9-11,18H,4-5,7-8H2,1-2H3. The average Bonchev–Trinajstić information content (AvgIpc) is 2.93. The van der Waals surface area contributed by atoms with E-state index in [2.05, 4.69) is 17.1 Å². The number of hydrogen-bond acceptors (Lipinski definition) is 1. The summed E-state index contributed by atoms with van der Waals surface area (Å²) >= 11 is 6.23. The van der Waals surface area contributed by atoms with E-state index in [1.807, 2.05) is 17.2 Å². The van der Waals surface area contributed by atoms with Crippen LogP contribution in [0.5, 0.6) is 0 Å². The van der Waals surface area contributed by atoms with E-state index in [-0.39, 0.29) is 6.03 Å². The molecule has 0 aliphatic carbocycles. The van der Waals surface area contributed by atoms with Gasteiger partial charge in [-0.25, -0.2) is 4.79 Å². The maximum Gasteiger partial charge on any atom is 0.319 e. The summed E-state index contributed by atoms with van der Waals surface area (Å²) in [7, 11) is 3.60. The van der Waals surface area contributed by atoms with Crippen LogP contribution in [0, 0.1) is 0 Å². The van der Waals surface area contributed by atoms with Gasteiger partial charge in [0, 0.05) is 49.3 Å². The van der Waals surface area contributed by atoms with Crippen LogP contribution >= 0.6 is 11.6 Å². The summed E-state index contributed by atoms with van der Waals surface area (Å²) in [6.45, 7) is 1.61. The number of carbonyl (C=O) groups excluding carboxylic acids is 1. The zero-order valence-electron chi connectivity index (χ0n) is 12.4. The van der Waals surface area contributed by atoms with Crippen LogP contribution in [0.2, 0.25) is 5.02 Å². The summed E-state index contributed by atoms with van der Waals surface area (Å²) in [6, 6.07) is 6.25. The van der Waals surface area contributed by atoms with Gasteiger partial charge in [0.25, 0.3) is 0 Å². The van der Waals surface area contributed by atoms with Gasteiger partial charge in [0.1, 0.15) is 0 Å². The summed E-state index contributed by atoms with van der Waals surface area (Å²) in [4.78, 5) is 18.8. The summed E-state index contributed by atoms with van der Waals surface area (Å²) < 4.78 is 0. The molecule has 2 amide bonds. The lowest BCUT2D eigenvalue weighted by Gasteiger charge is -2.34. The molecule has 112 valence electrons. The summed E-state index contributed by atoms with van der Waals surface area (Å²) in [5, 5.41) is 2.02. The van der Waals surface area contributed by atoms with Crippen molar-refractivity contribution < 1.29 is 4.79 Å². The van der Waals surface area contributed by atoms with Gasteiger partial charge in [-0.3, -0.25) is 0 Å². The first-order valence-corrected chi connectivity index (χ1v) is 7.67. The molecule has 21 heavy (non-hydrogen) atoms. The molecule has 5 heteroatoms. The number of aromatic amines is 1. The SMILES string of the molecule is CN(C)C(=O)N1CCC(c2cc(Cl)cc3[nH]ccc23)CC1. The molecule has 0 saturated carbocycles. The van der Waals surface area contributed by atoms with Gasteiger partial charge in [0.05, 0.1) is 0 Å². The Labute approximate surface area is 129 Å². The fourth-order valence-electron chi connectivity index (χ4n) is 3.16. The second kappa shape index (κ2) is 5.60. The minimum absolute atomic E-state index is 0.103. The number of nitrogens with one attached hydrogen (secondary N) is 1. The summed E-state index contributed by atoms with van der Waals surface area (Å²) in [6.07, 6.45) is 3.93. The molecule has 1 aromatic heterocycles. The van der Waals surface area contributed by atoms with Crippen LogP contribution in [-0.4, -0.2) is 48.0 Å². The van der Waals surface area contributed by atoms with Crippen molar-refractivity contribution in [1.82, 2.24) is 14.8 Å². The number of carbonyl (C=O) groups is 1. The maximum atomic E-state index is 12.0. The highest BCUT2D eigenvalue weighted by Gasteiger charge is 2.26. The van der Waals surface area contributed by atoms with Gasteiger partial charge >= 0.3 is 6.03 Å². The normalized spacial score (nSPS) is 16.4. The Bertz CT molecular complexity index is 657. The monoisotopic (exact) mass is 305 g/mol. The molecule has 1 N–H and O–H groups in total. The van der Waals surface area contributed by atoms with E-state index in [0.717, 1.165) is 36.5 Å². The van der Waals surface area contributed by atoms with Gasteiger partial charge in [-0.15, -0.1) is 0 Å². The van der Waals surface area contributed by atoms with Crippen molar-refractivity contribution in [2.24, 2.45) is 0 Å². The first-order valence-electron chi connectivity index (χ1n) is 7.29. The van der Waals surface area contributed by atoms with Gasteiger partial charge in [-0.05, 0) is 42.5 Å². The van der Waals surface area contributed by atoms with E-state index < -0.39 is 0 Å². The molecule has 2 aromatic rings. The van der Waals surface area contributed by atoms with E-state index in [9.17, 15) is 4.79 Å². The Morgan fingerprint density at radius 3 is 2.71 bits per heavy atom. The van der Waals surface area contributed by atoms with E-state index in [4.69, 9.17) is 11.6 Å². The van der Waals surface area contributed by atoms with Gasteiger partial charge in [0.2, 0.25) is 0 Å². The van der Waals surface area contributed by atoms with Crippen LogP contribution in [-0.2, 0) is 0 Å². The highest BCUT2D eigenvalue weighted by Crippen LogP contribution is 2.35. The molecule has 3 rings (SSSR count). The van der Waals surface area contributed by atoms with Crippen LogP contribution in [0.4, 0.5) is 4.79 Å². The van der Waals surface area contributed by atoms with Gasteiger partial charge in [0.15, 0.2) is 0 Å². The van der Waals surface area contributed by atoms with Crippen molar-refractivity contribution in [2.75, 3.05) is 27.2 Å². The minimum Gasteiger partial charge on any atom is -0.361 e. The van der Waals surface area contributed by atoms with Gasteiger partial charge in [-0.2, -0.15) is 0 Å². The molecular weight excluding hydrogens is 286 g/mol. The van der Waals surface area contributed by atoms with E-state index in [0.29, 0.717) is 5.92 Å². The molecule has 1 aliphatic heterocycles. The lowest BCUT2D eigenvalue weighted by Crippen LogP contribution is -2.43. The van der Waals surface area contributed by atoms with E-state index in [1.165, 1.54) is 10.9 Å². The number of fused-ring (bicyclic) bond motifs is 1. The molecule has 1 aliphatic rings. The zero-order chi connectivity index (χ0) is 15.0. The highest BCUT2D eigenvalue weighted by atomic mass is 35.5. The number of rotatable bonds is 1. The predicted octanol–water partition coefficient (Wildman–Crippen LogP) is 3.68. The van der Waals surface area contributed by atoms with Crippen LogP contribution < -0.4 is 0 Å². The van der Waals surface area contributed by atoms with Crippen molar-refractivity contribution >= 4 is 28.5 Å². The van der Waals surface area contributed by atoms with E-state index in [1.54, 1.807) is 19.0 Å². The van der Waals surface area contributed by atoms with Crippen molar-refractivity contribution in [3.8, 4) is 0 Å². The van der Waals surface area contributed by atoms with E-state index >= 15 is 0 Å². The first kappa shape index (κ1) is 14.3. The van der Waals surface area contributed by atoms with Crippen molar-refractivity contribution in [3.05, 3.63) is 35.0 Å². The fourth-order valence-corrected chi connectivity index (χ4v) is 3.39. The van der Waals surface area contributed by atoms with Gasteiger partial charge in [-0.1, -0.05) is 11.6 Å². The van der Waals surface area contributed by atoms with Crippen molar-refractivity contribution in [1.29, 1.82) is 0 Å². The largest absolute Gasteiger partial charge is 0.361 e. The Morgan fingerprint density at radius 1 is 1.33 bits per heavy atom. The maximum absolute atomic E-state index is 12.0. The molecule has 0 unspecified atom stereocenters. The van der Waals surface area contributed by atoms with Crippen molar-refractivity contribution in [2.45, 2.75) is 18.8 Å². The number of hydrogen-bond donors (Lipinski definition) is 1. The second-order valence-corrected chi connectivity index (χ2v) is 6.31. The number of halogens is 1. The topological polar surface area (TPSA) is 39.3 Å². The second-order valence-electron chi connectivity index (χ2n) is 5.87. The molecule has 0 bridgehead atoms. The van der Waals surface area contributed by atoms with Crippen LogP contribution in [0.25, 0.3) is 10.9 Å². The molecule has 1 aromatic carbocycles. The lowest BCUT2D eigenvalue weighted by molar-refractivity contribution is 0.156. The third-order valence-corrected chi connectivity index (χ3v) is 4.47. The Morgan fingerprint density at radius 2 is 2.05 bits per heavy atom. The number of nitrogens with zero attached hydrogens (tertiary/aromatic N) is 2. The zero-order valence-corrected chi connectivity index (χ0v) is 13.2. The first-order chi connectivity index (χ1) is 10.1. The number of likely N-dealkylation sites (tertiary alicyclic amines) is 1. The lowest BCUT2D eigenvalue weighted by atomic mass is 9.87. The number of H-pyrrole nitrogens is 1. The molecule has 0 atom stereocenters. The minimum atomic E-state index is 0.103. The summed E-state index contributed by atoms with van der Waals surface area (Å²) in [5.74, 6) is 0.466. The molecule has 0 radical (unpaired) electrons. The third kappa shape index (κ3) is 2.72. The molecule has 0 spiro atoms. The number of urea groups is 1. The average molecular weight is 306 g/mol. The van der Waals surface area contributed by atoms with Crippen molar-refractivity contribution in [3.63, 3.8) is 0 Å². The molecule has 1 fully saturated rings. The predicted molar refractivity (Wildman–Crippen MR) is 85.9 cm³/mol. The third-order valence-electron chi connectivity index (χ3n) is 4.25. The molecule has 1 saturated heterocycles. The van der Waals surface area contributed by atoms with Crippen LogP contribution in [0.15, 0.2) is 24.4 Å². The Kier molecular flexibility index (Phi) is 3.81. The smallest absolute Gasteiger partial charge is 0.319 e. The number of benzene rings is 1.